The summed E-state index contributed by atoms with van der Waals surface area (Å²) in [4.78, 5) is 17.0. The zero-order valence-electron chi connectivity index (χ0n) is 13.2. The minimum Gasteiger partial charge on any atom is -0.288 e. The number of aryl methyl sites for hydroxylation is 1. The van der Waals surface area contributed by atoms with E-state index in [0.717, 1.165) is 41.0 Å². The fraction of sp³-hybridized carbons (Fsp3) is 0.263. The average molecular weight is 305 g/mol. The van der Waals surface area contributed by atoms with Crippen molar-refractivity contribution in [2.45, 2.75) is 32.6 Å². The molecule has 1 N–H and O–H groups in total. The highest BCUT2D eigenvalue weighted by Crippen LogP contribution is 2.35. The standard InChI is InChI=1S/C19H19N3O/c1-13-12-16(23)22-19(20-13)17(14-8-4-2-5-9-14)18(21-22)15-10-6-3-7-11-15/h3,6-8,10-12,21H,2,4-5,9H2,1H3. The number of fused-ring (bicyclic) bond motifs is 1. The first-order chi connectivity index (χ1) is 11.2. The molecule has 0 unspecified atom stereocenters. The fourth-order valence-corrected chi connectivity index (χ4v) is 3.34. The van der Waals surface area contributed by atoms with Crippen molar-refractivity contribution >= 4 is 11.2 Å². The van der Waals surface area contributed by atoms with E-state index in [4.69, 9.17) is 0 Å². The SMILES string of the molecule is Cc1cc(=O)n2[nH]c(-c3ccccc3)c(C3=CCCCC3)c2n1. The van der Waals surface area contributed by atoms with Crippen molar-refractivity contribution in [1.82, 2.24) is 14.6 Å². The van der Waals surface area contributed by atoms with Gasteiger partial charge in [-0.25, -0.2) is 9.50 Å². The van der Waals surface area contributed by atoms with Crippen LogP contribution in [0.3, 0.4) is 0 Å². The molecule has 1 aliphatic carbocycles. The van der Waals surface area contributed by atoms with Crippen LogP contribution in [0.5, 0.6) is 0 Å². The lowest BCUT2D eigenvalue weighted by atomic mass is 9.92. The Balaban J connectivity index is 2.07. The van der Waals surface area contributed by atoms with Gasteiger partial charge in [0.2, 0.25) is 0 Å². The van der Waals surface area contributed by atoms with Gasteiger partial charge < -0.3 is 0 Å². The van der Waals surface area contributed by atoms with E-state index >= 15 is 0 Å². The number of hydrogen-bond donors (Lipinski definition) is 1. The lowest BCUT2D eigenvalue weighted by molar-refractivity contribution is 0.742. The first-order valence-electron chi connectivity index (χ1n) is 8.11. The van der Waals surface area contributed by atoms with Crippen LogP contribution < -0.4 is 5.56 Å². The number of aromatic amines is 1. The number of nitrogens with zero attached hydrogens (tertiary/aromatic N) is 2. The van der Waals surface area contributed by atoms with Crippen molar-refractivity contribution in [2.75, 3.05) is 0 Å². The van der Waals surface area contributed by atoms with Gasteiger partial charge in [0.1, 0.15) is 0 Å². The largest absolute Gasteiger partial charge is 0.288 e. The molecule has 0 atom stereocenters. The highest BCUT2D eigenvalue weighted by molar-refractivity contribution is 5.87. The van der Waals surface area contributed by atoms with Gasteiger partial charge in [-0.1, -0.05) is 36.4 Å². The molecule has 3 aromatic rings. The molecule has 2 heterocycles. The third-order valence-corrected chi connectivity index (χ3v) is 4.42. The van der Waals surface area contributed by atoms with Gasteiger partial charge >= 0.3 is 0 Å². The third kappa shape index (κ3) is 2.40. The summed E-state index contributed by atoms with van der Waals surface area (Å²) in [6, 6.07) is 11.7. The smallest absolute Gasteiger partial charge is 0.272 e. The Hall–Kier alpha value is -2.62. The van der Waals surface area contributed by atoms with Crippen LogP contribution in [0, 0.1) is 6.92 Å². The van der Waals surface area contributed by atoms with Crippen molar-refractivity contribution in [3.63, 3.8) is 0 Å². The minimum absolute atomic E-state index is 0.0626. The van der Waals surface area contributed by atoms with Crippen LogP contribution in [-0.2, 0) is 0 Å². The van der Waals surface area contributed by atoms with E-state index in [0.29, 0.717) is 0 Å². The number of benzene rings is 1. The maximum Gasteiger partial charge on any atom is 0.272 e. The summed E-state index contributed by atoms with van der Waals surface area (Å²) in [5, 5.41) is 3.27. The summed E-state index contributed by atoms with van der Waals surface area (Å²) < 4.78 is 1.57. The molecule has 0 bridgehead atoms. The van der Waals surface area contributed by atoms with E-state index in [9.17, 15) is 4.79 Å². The quantitative estimate of drug-likeness (QED) is 0.779. The normalized spacial score (nSPS) is 14.9. The Morgan fingerprint density at radius 1 is 1.17 bits per heavy atom. The monoisotopic (exact) mass is 305 g/mol. The Bertz CT molecular complexity index is 948. The van der Waals surface area contributed by atoms with Gasteiger partial charge in [-0.05, 0) is 38.2 Å². The van der Waals surface area contributed by atoms with Gasteiger partial charge in [-0.2, -0.15) is 0 Å². The van der Waals surface area contributed by atoms with E-state index in [1.807, 2.05) is 25.1 Å². The second-order valence-corrected chi connectivity index (χ2v) is 6.10. The first kappa shape index (κ1) is 14.0. The minimum atomic E-state index is -0.0626. The van der Waals surface area contributed by atoms with Gasteiger partial charge in [0.15, 0.2) is 5.65 Å². The summed E-state index contributed by atoms with van der Waals surface area (Å²) in [5.41, 5.74) is 5.87. The van der Waals surface area contributed by atoms with Crippen molar-refractivity contribution in [1.29, 1.82) is 0 Å². The predicted molar refractivity (Wildman–Crippen MR) is 92.4 cm³/mol. The molecule has 0 aliphatic heterocycles. The van der Waals surface area contributed by atoms with Crippen LogP contribution in [0.4, 0.5) is 0 Å². The predicted octanol–water partition coefficient (Wildman–Crippen LogP) is 3.96. The van der Waals surface area contributed by atoms with Crippen molar-refractivity contribution in [2.24, 2.45) is 0 Å². The van der Waals surface area contributed by atoms with Crippen LogP contribution in [-0.4, -0.2) is 14.6 Å². The molecule has 0 saturated heterocycles. The highest BCUT2D eigenvalue weighted by atomic mass is 16.1. The summed E-state index contributed by atoms with van der Waals surface area (Å²) in [6.07, 6.45) is 6.86. The molecular formula is C19H19N3O. The molecule has 0 fully saturated rings. The van der Waals surface area contributed by atoms with E-state index in [-0.39, 0.29) is 5.56 Å². The molecule has 0 radical (unpaired) electrons. The zero-order valence-corrected chi connectivity index (χ0v) is 13.2. The molecule has 1 aliphatic rings. The van der Waals surface area contributed by atoms with Gasteiger partial charge in [-0.3, -0.25) is 9.89 Å². The molecule has 23 heavy (non-hydrogen) atoms. The van der Waals surface area contributed by atoms with E-state index in [1.165, 1.54) is 18.4 Å². The second-order valence-electron chi connectivity index (χ2n) is 6.10. The Morgan fingerprint density at radius 3 is 2.74 bits per heavy atom. The van der Waals surface area contributed by atoms with Crippen LogP contribution in [0.1, 0.15) is 36.9 Å². The summed E-state index contributed by atoms with van der Waals surface area (Å²) >= 11 is 0. The van der Waals surface area contributed by atoms with Crippen LogP contribution >= 0.6 is 0 Å². The number of rotatable bonds is 2. The van der Waals surface area contributed by atoms with Gasteiger partial charge in [0, 0.05) is 22.9 Å². The maximum atomic E-state index is 12.4. The average Bonchev–Trinajstić information content (AvgIpc) is 2.96. The van der Waals surface area contributed by atoms with Crippen LogP contribution in [0.25, 0.3) is 22.5 Å². The Kier molecular flexibility index (Phi) is 3.37. The summed E-state index contributed by atoms with van der Waals surface area (Å²) in [6.45, 7) is 1.87. The molecule has 4 heteroatoms. The first-order valence-corrected chi connectivity index (χ1v) is 8.11. The third-order valence-electron chi connectivity index (χ3n) is 4.42. The van der Waals surface area contributed by atoms with E-state index in [2.05, 4.69) is 28.3 Å². The van der Waals surface area contributed by atoms with Gasteiger partial charge in [0.25, 0.3) is 5.56 Å². The van der Waals surface area contributed by atoms with Crippen molar-refractivity contribution in [3.8, 4) is 11.3 Å². The number of aromatic nitrogens is 3. The topological polar surface area (TPSA) is 50.2 Å². The van der Waals surface area contributed by atoms with E-state index < -0.39 is 0 Å². The molecule has 1 aromatic carbocycles. The van der Waals surface area contributed by atoms with Crippen LogP contribution in [0.15, 0.2) is 47.3 Å². The van der Waals surface area contributed by atoms with Crippen molar-refractivity contribution < 1.29 is 0 Å². The number of H-pyrrole nitrogens is 1. The molecule has 4 nitrogen and oxygen atoms in total. The lowest BCUT2D eigenvalue weighted by Gasteiger charge is -2.13. The molecular weight excluding hydrogens is 286 g/mol. The molecule has 116 valence electrons. The molecule has 4 rings (SSSR count). The highest BCUT2D eigenvalue weighted by Gasteiger charge is 2.20. The van der Waals surface area contributed by atoms with E-state index in [1.54, 1.807) is 10.6 Å². The molecule has 0 spiro atoms. The lowest BCUT2D eigenvalue weighted by Crippen LogP contribution is -2.14. The van der Waals surface area contributed by atoms with Crippen molar-refractivity contribution in [3.05, 3.63) is 64.1 Å². The second kappa shape index (κ2) is 5.54. The zero-order chi connectivity index (χ0) is 15.8. The van der Waals surface area contributed by atoms with Gasteiger partial charge in [-0.15, -0.1) is 0 Å². The fourth-order valence-electron chi connectivity index (χ4n) is 3.34. The Labute approximate surface area is 134 Å². The number of hydrogen-bond acceptors (Lipinski definition) is 2. The molecule has 0 amide bonds. The van der Waals surface area contributed by atoms with Gasteiger partial charge in [0.05, 0.1) is 5.69 Å². The molecule has 0 saturated carbocycles. The van der Waals surface area contributed by atoms with Crippen LogP contribution in [0.2, 0.25) is 0 Å². The number of nitrogens with one attached hydrogen (secondary N) is 1. The maximum absolute atomic E-state index is 12.4. The summed E-state index contributed by atoms with van der Waals surface area (Å²) in [5.74, 6) is 0. The molecule has 2 aromatic heterocycles. The Morgan fingerprint density at radius 2 is 2.00 bits per heavy atom. The summed E-state index contributed by atoms with van der Waals surface area (Å²) in [7, 11) is 0. The number of allylic oxidation sites excluding steroid dienone is 2.